The van der Waals surface area contributed by atoms with Gasteiger partial charge in [0.05, 0.1) is 5.92 Å². The van der Waals surface area contributed by atoms with Crippen molar-refractivity contribution in [1.29, 1.82) is 0 Å². The van der Waals surface area contributed by atoms with E-state index in [-0.39, 0.29) is 11.8 Å². The van der Waals surface area contributed by atoms with Crippen molar-refractivity contribution in [2.24, 2.45) is 11.8 Å². The van der Waals surface area contributed by atoms with Gasteiger partial charge in [-0.1, -0.05) is 26.0 Å². The molecule has 0 N–H and O–H groups in total. The van der Waals surface area contributed by atoms with E-state index in [4.69, 9.17) is 0 Å². The van der Waals surface area contributed by atoms with Crippen LogP contribution in [0.2, 0.25) is 0 Å². The molecule has 3 heteroatoms. The second kappa shape index (κ2) is 6.35. The Bertz CT molecular complexity index is 231. The summed E-state index contributed by atoms with van der Waals surface area (Å²) in [7, 11) is 0. The van der Waals surface area contributed by atoms with Gasteiger partial charge >= 0.3 is 11.9 Å². The zero-order chi connectivity index (χ0) is 11.1. The Morgan fingerprint density at radius 1 is 1.43 bits per heavy atom. The Morgan fingerprint density at radius 2 is 2.00 bits per heavy atom. The minimum Gasteiger partial charge on any atom is -0.393 e. The summed E-state index contributed by atoms with van der Waals surface area (Å²) in [6.45, 7) is 6.93. The number of allylic oxidation sites excluding steroid dienone is 2. The molecular weight excluding hydrogens is 180 g/mol. The summed E-state index contributed by atoms with van der Waals surface area (Å²) in [5.74, 6) is -1.11. The first-order chi connectivity index (χ1) is 6.52. The average molecular weight is 198 g/mol. The normalized spacial score (nSPS) is 15.1. The van der Waals surface area contributed by atoms with Crippen molar-refractivity contribution in [3.05, 3.63) is 12.2 Å². The van der Waals surface area contributed by atoms with E-state index in [0.29, 0.717) is 0 Å². The largest absolute Gasteiger partial charge is 0.393 e. The van der Waals surface area contributed by atoms with Crippen LogP contribution in [-0.4, -0.2) is 11.9 Å². The molecule has 0 aliphatic carbocycles. The lowest BCUT2D eigenvalue weighted by molar-refractivity contribution is -0.161. The summed E-state index contributed by atoms with van der Waals surface area (Å²) < 4.78 is 4.53. The van der Waals surface area contributed by atoms with E-state index >= 15 is 0 Å². The van der Waals surface area contributed by atoms with E-state index in [9.17, 15) is 9.59 Å². The maximum Gasteiger partial charge on any atom is 0.316 e. The van der Waals surface area contributed by atoms with E-state index in [0.717, 1.165) is 6.42 Å². The van der Waals surface area contributed by atoms with Crippen LogP contribution in [0.1, 0.15) is 34.1 Å². The predicted octanol–water partition coefficient (Wildman–Crippen LogP) is 2.31. The summed E-state index contributed by atoms with van der Waals surface area (Å²) in [4.78, 5) is 21.9. The Hall–Kier alpha value is -1.12. The molecule has 0 fully saturated rings. The number of carbonyl (C=O) groups excluding carboxylic acids is 2. The van der Waals surface area contributed by atoms with Crippen LogP contribution in [-0.2, 0) is 14.3 Å². The van der Waals surface area contributed by atoms with Crippen molar-refractivity contribution >= 4 is 11.9 Å². The summed E-state index contributed by atoms with van der Waals surface area (Å²) in [5.41, 5.74) is 0. The minimum atomic E-state index is -0.544. The van der Waals surface area contributed by atoms with Gasteiger partial charge in [-0.15, -0.1) is 0 Å². The van der Waals surface area contributed by atoms with Crippen LogP contribution in [0.15, 0.2) is 12.2 Å². The quantitative estimate of drug-likeness (QED) is 0.395. The zero-order valence-electron chi connectivity index (χ0n) is 9.24. The second-order valence-electron chi connectivity index (χ2n) is 3.30. The van der Waals surface area contributed by atoms with Crippen molar-refractivity contribution in [3.8, 4) is 0 Å². The van der Waals surface area contributed by atoms with E-state index < -0.39 is 11.9 Å². The van der Waals surface area contributed by atoms with Crippen molar-refractivity contribution < 1.29 is 14.3 Å². The molecule has 0 aliphatic heterocycles. The Kier molecular flexibility index (Phi) is 5.84. The monoisotopic (exact) mass is 198 g/mol. The molecule has 0 aromatic heterocycles. The highest BCUT2D eigenvalue weighted by atomic mass is 16.6. The van der Waals surface area contributed by atoms with E-state index in [1.165, 1.54) is 6.92 Å². The summed E-state index contributed by atoms with van der Waals surface area (Å²) in [5, 5.41) is 0. The number of ether oxygens (including phenoxy) is 1. The van der Waals surface area contributed by atoms with Crippen LogP contribution in [0, 0.1) is 11.8 Å². The summed E-state index contributed by atoms with van der Waals surface area (Å²) >= 11 is 0. The van der Waals surface area contributed by atoms with Gasteiger partial charge in [0.1, 0.15) is 0 Å². The molecule has 2 atom stereocenters. The molecule has 0 amide bonds. The van der Waals surface area contributed by atoms with Crippen LogP contribution in [0.4, 0.5) is 0 Å². The molecule has 0 aromatic carbocycles. The van der Waals surface area contributed by atoms with Gasteiger partial charge in [0.25, 0.3) is 0 Å². The Balaban J connectivity index is 4.33. The Labute approximate surface area is 85.1 Å². The van der Waals surface area contributed by atoms with Crippen LogP contribution in [0.5, 0.6) is 0 Å². The molecule has 0 spiro atoms. The first-order valence-corrected chi connectivity index (χ1v) is 4.88. The van der Waals surface area contributed by atoms with Gasteiger partial charge in [-0.05, 0) is 19.3 Å². The molecule has 0 aromatic rings. The minimum absolute atomic E-state index is 0.145. The fraction of sp³-hybridized carbons (Fsp3) is 0.636. The molecule has 0 aliphatic rings. The fourth-order valence-electron chi connectivity index (χ4n) is 1.31. The van der Waals surface area contributed by atoms with Gasteiger partial charge in [-0.2, -0.15) is 0 Å². The molecule has 3 nitrogen and oxygen atoms in total. The van der Waals surface area contributed by atoms with E-state index in [1.807, 2.05) is 26.0 Å². The lowest BCUT2D eigenvalue weighted by atomic mass is 9.91. The van der Waals surface area contributed by atoms with Crippen molar-refractivity contribution in [1.82, 2.24) is 0 Å². The third kappa shape index (κ3) is 4.21. The van der Waals surface area contributed by atoms with Crippen LogP contribution in [0.3, 0.4) is 0 Å². The van der Waals surface area contributed by atoms with Crippen molar-refractivity contribution in [2.45, 2.75) is 34.1 Å². The van der Waals surface area contributed by atoms with Gasteiger partial charge in [0.15, 0.2) is 0 Å². The first kappa shape index (κ1) is 12.9. The van der Waals surface area contributed by atoms with Crippen LogP contribution < -0.4 is 0 Å². The van der Waals surface area contributed by atoms with Gasteiger partial charge in [-0.3, -0.25) is 9.59 Å². The molecular formula is C11H18O3. The highest BCUT2D eigenvalue weighted by Crippen LogP contribution is 2.18. The average Bonchev–Trinajstić information content (AvgIpc) is 2.12. The molecule has 80 valence electrons. The van der Waals surface area contributed by atoms with Crippen LogP contribution in [0.25, 0.3) is 0 Å². The molecule has 0 saturated carbocycles. The summed E-state index contributed by atoms with van der Waals surface area (Å²) in [6, 6.07) is 0. The third-order valence-corrected chi connectivity index (χ3v) is 2.17. The highest BCUT2D eigenvalue weighted by molar-refractivity contribution is 5.85. The molecule has 0 heterocycles. The smallest absolute Gasteiger partial charge is 0.316 e. The van der Waals surface area contributed by atoms with E-state index in [1.54, 1.807) is 6.92 Å². The standard InChI is InChI=1S/C11H18O3/c1-5-7-10(6-2)8(3)11(13)14-9(4)12/h5,7-8,10H,6H2,1-4H3/b7-5+. The molecule has 14 heavy (non-hydrogen) atoms. The Morgan fingerprint density at radius 3 is 2.36 bits per heavy atom. The lowest BCUT2D eigenvalue weighted by Gasteiger charge is -2.16. The molecule has 0 radical (unpaired) electrons. The maximum atomic E-state index is 11.4. The zero-order valence-corrected chi connectivity index (χ0v) is 9.24. The van der Waals surface area contributed by atoms with Gasteiger partial charge < -0.3 is 4.74 Å². The maximum absolute atomic E-state index is 11.4. The van der Waals surface area contributed by atoms with Crippen molar-refractivity contribution in [3.63, 3.8) is 0 Å². The second-order valence-corrected chi connectivity index (χ2v) is 3.30. The van der Waals surface area contributed by atoms with Gasteiger partial charge in [-0.25, -0.2) is 0 Å². The topological polar surface area (TPSA) is 43.4 Å². The number of carbonyl (C=O) groups is 2. The number of hydrogen-bond acceptors (Lipinski definition) is 3. The SMILES string of the molecule is C/C=C/C(CC)C(C)C(=O)OC(C)=O. The number of esters is 2. The molecule has 0 rings (SSSR count). The molecule has 0 saturated heterocycles. The first-order valence-electron chi connectivity index (χ1n) is 4.88. The van der Waals surface area contributed by atoms with Gasteiger partial charge in [0.2, 0.25) is 0 Å². The number of hydrogen-bond donors (Lipinski definition) is 0. The van der Waals surface area contributed by atoms with E-state index in [2.05, 4.69) is 4.74 Å². The fourth-order valence-corrected chi connectivity index (χ4v) is 1.31. The third-order valence-electron chi connectivity index (χ3n) is 2.17. The predicted molar refractivity (Wildman–Crippen MR) is 54.5 cm³/mol. The van der Waals surface area contributed by atoms with Crippen LogP contribution >= 0.6 is 0 Å². The van der Waals surface area contributed by atoms with Gasteiger partial charge in [0, 0.05) is 6.92 Å². The van der Waals surface area contributed by atoms with Crippen molar-refractivity contribution in [2.75, 3.05) is 0 Å². The number of rotatable bonds is 4. The highest BCUT2D eigenvalue weighted by Gasteiger charge is 2.22. The summed E-state index contributed by atoms with van der Waals surface area (Å²) in [6.07, 6.45) is 4.73. The molecule has 0 bridgehead atoms. The molecule has 2 unspecified atom stereocenters. The lowest BCUT2D eigenvalue weighted by Crippen LogP contribution is -2.23.